The van der Waals surface area contributed by atoms with E-state index >= 15 is 0 Å². The number of aryl methyl sites for hydroxylation is 2. The van der Waals surface area contributed by atoms with E-state index in [9.17, 15) is 0 Å². The number of rotatable bonds is 4. The van der Waals surface area contributed by atoms with Gasteiger partial charge in [0.15, 0.2) is 0 Å². The molecule has 0 fully saturated rings. The predicted molar refractivity (Wildman–Crippen MR) is 88.5 cm³/mol. The fourth-order valence-electron chi connectivity index (χ4n) is 1.98. The van der Waals surface area contributed by atoms with Crippen molar-refractivity contribution in [3.05, 3.63) is 57.2 Å². The van der Waals surface area contributed by atoms with Crippen molar-refractivity contribution in [1.29, 1.82) is 0 Å². The first-order valence-electron chi connectivity index (χ1n) is 6.28. The lowest BCUT2D eigenvalue weighted by atomic mass is 10.0. The molecule has 2 heteroatoms. The summed E-state index contributed by atoms with van der Waals surface area (Å²) in [5.41, 5.74) is 2.96. The zero-order chi connectivity index (χ0) is 13.0. The van der Waals surface area contributed by atoms with Crippen LogP contribution in [0.25, 0.3) is 0 Å². The number of hydrogen-bond acceptors (Lipinski definition) is 1. The van der Waals surface area contributed by atoms with Gasteiger partial charge in [0.1, 0.15) is 0 Å². The maximum absolute atomic E-state index is 2.34. The van der Waals surface area contributed by atoms with Crippen molar-refractivity contribution in [2.24, 2.45) is 0 Å². The van der Waals surface area contributed by atoms with Crippen molar-refractivity contribution in [3.63, 3.8) is 0 Å². The van der Waals surface area contributed by atoms with Crippen LogP contribution in [0.1, 0.15) is 25.0 Å². The van der Waals surface area contributed by atoms with E-state index in [0.717, 1.165) is 12.8 Å². The summed E-state index contributed by atoms with van der Waals surface area (Å²) >= 11 is 4.18. The van der Waals surface area contributed by atoms with Gasteiger partial charge < -0.3 is 0 Å². The molecule has 0 amide bonds. The highest BCUT2D eigenvalue weighted by atomic mass is 127. The molecule has 0 unspecified atom stereocenters. The minimum atomic E-state index is 1.12. The van der Waals surface area contributed by atoms with Crippen LogP contribution >= 0.6 is 34.4 Å². The molecule has 0 N–H and O–H groups in total. The van der Waals surface area contributed by atoms with Gasteiger partial charge in [-0.1, -0.05) is 31.7 Å². The normalized spacial score (nSPS) is 10.6. The topological polar surface area (TPSA) is 0 Å². The molecule has 0 aliphatic rings. The third-order valence-corrected chi connectivity index (χ3v) is 4.71. The lowest BCUT2D eigenvalue weighted by Crippen LogP contribution is -1.90. The summed E-state index contributed by atoms with van der Waals surface area (Å²) in [6, 6.07) is 15.5. The maximum Gasteiger partial charge on any atom is 0.0131 e. The second-order valence-corrected chi connectivity index (χ2v) is 6.59. The van der Waals surface area contributed by atoms with Crippen LogP contribution in [0.15, 0.2) is 52.3 Å². The van der Waals surface area contributed by atoms with E-state index in [2.05, 4.69) is 78.9 Å². The molecular weight excluding hydrogens is 351 g/mol. The van der Waals surface area contributed by atoms with Crippen LogP contribution in [-0.2, 0) is 12.8 Å². The molecular formula is C16H17IS. The molecule has 0 saturated heterocycles. The van der Waals surface area contributed by atoms with E-state index in [-0.39, 0.29) is 0 Å². The Kier molecular flexibility index (Phi) is 5.13. The Bertz CT molecular complexity index is 517. The first kappa shape index (κ1) is 13.9. The van der Waals surface area contributed by atoms with Crippen molar-refractivity contribution in [1.82, 2.24) is 0 Å². The maximum atomic E-state index is 2.34. The fraction of sp³-hybridized carbons (Fsp3) is 0.250. The Hall–Kier alpha value is -0.480. The molecule has 2 rings (SSSR count). The molecule has 0 atom stereocenters. The van der Waals surface area contributed by atoms with E-state index in [1.165, 1.54) is 24.5 Å². The van der Waals surface area contributed by atoms with Crippen LogP contribution in [0, 0.1) is 3.57 Å². The van der Waals surface area contributed by atoms with E-state index in [1.807, 2.05) is 11.8 Å². The Morgan fingerprint density at radius 3 is 2.06 bits per heavy atom. The van der Waals surface area contributed by atoms with E-state index in [1.54, 1.807) is 0 Å². The van der Waals surface area contributed by atoms with E-state index < -0.39 is 0 Å². The lowest BCUT2D eigenvalue weighted by Gasteiger charge is -2.08. The molecule has 18 heavy (non-hydrogen) atoms. The molecule has 0 nitrogen and oxygen atoms in total. The molecule has 2 aromatic rings. The van der Waals surface area contributed by atoms with Crippen molar-refractivity contribution in [2.45, 2.75) is 36.5 Å². The molecule has 2 aromatic carbocycles. The van der Waals surface area contributed by atoms with Gasteiger partial charge in [-0.2, -0.15) is 0 Å². The van der Waals surface area contributed by atoms with Gasteiger partial charge in [-0.25, -0.2) is 0 Å². The second-order valence-electron chi connectivity index (χ2n) is 4.19. The van der Waals surface area contributed by atoms with Gasteiger partial charge in [-0.3, -0.25) is 0 Å². The predicted octanol–water partition coefficient (Wildman–Crippen LogP) is 5.57. The first-order valence-corrected chi connectivity index (χ1v) is 8.17. The van der Waals surface area contributed by atoms with E-state index in [0.29, 0.717) is 0 Å². The SMILES string of the molecule is CCc1ccc(Sc2ccc(I)cc2)cc1CC. The molecule has 0 bridgehead atoms. The highest BCUT2D eigenvalue weighted by molar-refractivity contribution is 14.1. The lowest BCUT2D eigenvalue weighted by molar-refractivity contribution is 1.02. The monoisotopic (exact) mass is 368 g/mol. The second kappa shape index (κ2) is 6.62. The van der Waals surface area contributed by atoms with Crippen molar-refractivity contribution < 1.29 is 0 Å². The summed E-state index contributed by atoms with van der Waals surface area (Å²) in [6.07, 6.45) is 2.24. The number of benzene rings is 2. The van der Waals surface area contributed by atoms with Gasteiger partial charge in [-0.05, 0) is 83.0 Å². The largest absolute Gasteiger partial charge is 0.0901 e. The van der Waals surface area contributed by atoms with Gasteiger partial charge in [0, 0.05) is 13.4 Å². The fourth-order valence-corrected chi connectivity index (χ4v) is 3.22. The van der Waals surface area contributed by atoms with E-state index in [4.69, 9.17) is 0 Å². The smallest absolute Gasteiger partial charge is 0.0131 e. The molecule has 0 aromatic heterocycles. The Morgan fingerprint density at radius 1 is 0.833 bits per heavy atom. The first-order chi connectivity index (χ1) is 8.72. The minimum absolute atomic E-state index is 1.12. The average Bonchev–Trinajstić information content (AvgIpc) is 2.41. The van der Waals surface area contributed by atoms with Crippen LogP contribution in [-0.4, -0.2) is 0 Å². The summed E-state index contributed by atoms with van der Waals surface area (Å²) in [5.74, 6) is 0. The van der Waals surface area contributed by atoms with Crippen LogP contribution < -0.4 is 0 Å². The zero-order valence-corrected chi connectivity index (χ0v) is 13.7. The third-order valence-electron chi connectivity index (χ3n) is 2.99. The minimum Gasteiger partial charge on any atom is -0.0901 e. The van der Waals surface area contributed by atoms with Gasteiger partial charge in [0.2, 0.25) is 0 Å². The zero-order valence-electron chi connectivity index (χ0n) is 10.7. The standard InChI is InChI=1S/C16H17IS/c1-3-12-5-8-16(11-13(12)4-2)18-15-9-6-14(17)7-10-15/h5-11H,3-4H2,1-2H3. The summed E-state index contributed by atoms with van der Waals surface area (Å²) < 4.78 is 1.28. The summed E-state index contributed by atoms with van der Waals surface area (Å²) in [7, 11) is 0. The molecule has 0 saturated carbocycles. The molecule has 0 radical (unpaired) electrons. The van der Waals surface area contributed by atoms with Crippen LogP contribution in [0.5, 0.6) is 0 Å². The van der Waals surface area contributed by atoms with Crippen molar-refractivity contribution in [2.75, 3.05) is 0 Å². The highest BCUT2D eigenvalue weighted by Crippen LogP contribution is 2.29. The van der Waals surface area contributed by atoms with Crippen molar-refractivity contribution in [3.8, 4) is 0 Å². The molecule has 0 aliphatic heterocycles. The number of halogens is 1. The summed E-state index contributed by atoms with van der Waals surface area (Å²) in [6.45, 7) is 4.45. The van der Waals surface area contributed by atoms with Crippen LogP contribution in [0.2, 0.25) is 0 Å². The summed E-state index contributed by atoms with van der Waals surface area (Å²) in [4.78, 5) is 2.65. The molecule has 0 aliphatic carbocycles. The highest BCUT2D eigenvalue weighted by Gasteiger charge is 2.02. The van der Waals surface area contributed by atoms with Crippen LogP contribution in [0.3, 0.4) is 0 Å². The molecule has 0 heterocycles. The Labute approximate surface area is 127 Å². The Balaban J connectivity index is 2.21. The molecule has 94 valence electrons. The average molecular weight is 368 g/mol. The van der Waals surface area contributed by atoms with Gasteiger partial charge in [0.05, 0.1) is 0 Å². The van der Waals surface area contributed by atoms with Gasteiger partial charge in [0.25, 0.3) is 0 Å². The number of hydrogen-bond donors (Lipinski definition) is 0. The summed E-state index contributed by atoms with van der Waals surface area (Å²) in [5, 5.41) is 0. The van der Waals surface area contributed by atoms with Crippen molar-refractivity contribution >= 4 is 34.4 Å². The van der Waals surface area contributed by atoms with Crippen LogP contribution in [0.4, 0.5) is 0 Å². The van der Waals surface area contributed by atoms with Gasteiger partial charge in [-0.15, -0.1) is 0 Å². The quantitative estimate of drug-likeness (QED) is 0.636. The Morgan fingerprint density at radius 2 is 1.44 bits per heavy atom. The molecule has 0 spiro atoms. The van der Waals surface area contributed by atoms with Gasteiger partial charge >= 0.3 is 0 Å². The third kappa shape index (κ3) is 3.51.